The van der Waals surface area contributed by atoms with E-state index >= 15 is 0 Å². The lowest BCUT2D eigenvalue weighted by atomic mass is 9.88. The zero-order valence-electron chi connectivity index (χ0n) is 14.7. The Bertz CT molecular complexity index is 857. The summed E-state index contributed by atoms with van der Waals surface area (Å²) in [6.45, 7) is 0. The molecule has 4 unspecified atom stereocenters. The molecule has 4 atom stereocenters. The normalized spacial score (nSPS) is 21.3. The van der Waals surface area contributed by atoms with Gasteiger partial charge in [-0.2, -0.15) is 0 Å². The maximum Gasteiger partial charge on any atom is 0.269 e. The van der Waals surface area contributed by atoms with Gasteiger partial charge in [-0.25, -0.2) is 0 Å². The molecule has 2 aromatic carbocycles. The first kappa shape index (κ1) is 19.6. The largest absolute Gasteiger partial charge is 0.388 e. The molecular formula is C19H18N2O7. The van der Waals surface area contributed by atoms with E-state index in [1.54, 1.807) is 0 Å². The van der Waals surface area contributed by atoms with Crippen LogP contribution >= 0.6 is 0 Å². The molecule has 0 heterocycles. The van der Waals surface area contributed by atoms with Crippen molar-refractivity contribution >= 4 is 17.2 Å². The van der Waals surface area contributed by atoms with Crippen molar-refractivity contribution in [2.75, 3.05) is 0 Å². The van der Waals surface area contributed by atoms with Crippen LogP contribution in [0, 0.1) is 32.1 Å². The van der Waals surface area contributed by atoms with Crippen LogP contribution in [0.2, 0.25) is 0 Å². The molecule has 3 rings (SSSR count). The van der Waals surface area contributed by atoms with E-state index in [2.05, 4.69) is 0 Å². The number of rotatable bonds is 6. The summed E-state index contributed by atoms with van der Waals surface area (Å²) in [5, 5.41) is 43.0. The lowest BCUT2D eigenvalue weighted by molar-refractivity contribution is -0.385. The number of nitrogens with zero attached hydrogens (tertiary/aromatic N) is 2. The Hall–Kier alpha value is -3.17. The third kappa shape index (κ3) is 3.75. The van der Waals surface area contributed by atoms with Crippen molar-refractivity contribution in [3.05, 3.63) is 79.9 Å². The number of aliphatic hydroxyl groups is 2. The Balaban J connectivity index is 1.79. The van der Waals surface area contributed by atoms with E-state index in [4.69, 9.17) is 0 Å². The van der Waals surface area contributed by atoms with Gasteiger partial charge in [-0.1, -0.05) is 24.3 Å². The van der Waals surface area contributed by atoms with E-state index in [9.17, 15) is 35.2 Å². The molecule has 1 fully saturated rings. The number of hydrogen-bond donors (Lipinski definition) is 2. The fourth-order valence-electron chi connectivity index (χ4n) is 3.65. The lowest BCUT2D eigenvalue weighted by Crippen LogP contribution is -2.24. The zero-order chi connectivity index (χ0) is 20.4. The van der Waals surface area contributed by atoms with E-state index in [0.717, 1.165) is 0 Å². The van der Waals surface area contributed by atoms with E-state index in [-0.39, 0.29) is 28.3 Å². The molecule has 0 aliphatic heterocycles. The van der Waals surface area contributed by atoms with Gasteiger partial charge in [-0.05, 0) is 24.0 Å². The first-order valence-electron chi connectivity index (χ1n) is 8.68. The Kier molecular flexibility index (Phi) is 5.48. The quantitative estimate of drug-likeness (QED) is 0.573. The Morgan fingerprint density at radius 3 is 1.57 bits per heavy atom. The van der Waals surface area contributed by atoms with Crippen molar-refractivity contribution in [3.63, 3.8) is 0 Å². The van der Waals surface area contributed by atoms with Crippen LogP contribution in [0.1, 0.15) is 36.2 Å². The average Bonchev–Trinajstić information content (AvgIpc) is 3.08. The Labute approximate surface area is 159 Å². The second-order valence-electron chi connectivity index (χ2n) is 6.79. The smallest absolute Gasteiger partial charge is 0.269 e. The van der Waals surface area contributed by atoms with Gasteiger partial charge in [0.25, 0.3) is 11.4 Å². The van der Waals surface area contributed by atoms with Gasteiger partial charge in [0.15, 0.2) is 0 Å². The lowest BCUT2D eigenvalue weighted by Gasteiger charge is -2.20. The van der Waals surface area contributed by atoms with Crippen LogP contribution < -0.4 is 0 Å². The number of nitro groups is 2. The van der Waals surface area contributed by atoms with Gasteiger partial charge in [-0.15, -0.1) is 0 Å². The molecule has 1 aliphatic carbocycles. The minimum Gasteiger partial charge on any atom is -0.388 e. The van der Waals surface area contributed by atoms with Crippen molar-refractivity contribution in [1.82, 2.24) is 0 Å². The summed E-state index contributed by atoms with van der Waals surface area (Å²) in [5.41, 5.74) is 0.154. The second-order valence-corrected chi connectivity index (χ2v) is 6.79. The highest BCUT2D eigenvalue weighted by Crippen LogP contribution is 2.42. The summed E-state index contributed by atoms with van der Waals surface area (Å²) in [7, 11) is 0. The van der Waals surface area contributed by atoms with Crippen molar-refractivity contribution in [2.24, 2.45) is 11.8 Å². The van der Waals surface area contributed by atoms with Gasteiger partial charge >= 0.3 is 0 Å². The topological polar surface area (TPSA) is 144 Å². The highest BCUT2D eigenvalue weighted by Gasteiger charge is 2.42. The summed E-state index contributed by atoms with van der Waals surface area (Å²) in [6.07, 6.45) is -1.84. The zero-order valence-corrected chi connectivity index (χ0v) is 14.7. The van der Waals surface area contributed by atoms with Crippen LogP contribution in [-0.2, 0) is 4.79 Å². The summed E-state index contributed by atoms with van der Waals surface area (Å²) < 4.78 is 0. The number of Topliss-reactive ketones (excluding diaryl/α,β-unsaturated/α-hetero) is 1. The van der Waals surface area contributed by atoms with Gasteiger partial charge < -0.3 is 10.2 Å². The predicted molar refractivity (Wildman–Crippen MR) is 97.3 cm³/mol. The number of carbonyl (C=O) groups excluding carboxylic acids is 1. The number of aliphatic hydroxyl groups excluding tert-OH is 2. The molecule has 28 heavy (non-hydrogen) atoms. The SMILES string of the molecule is O=C1C(C(O)c2cccc([N+](=O)[O-])c2)CCC1C(O)c1cccc([N+](=O)[O-])c1. The van der Waals surface area contributed by atoms with Crippen LogP contribution in [0.15, 0.2) is 48.5 Å². The number of hydrogen-bond acceptors (Lipinski definition) is 7. The highest BCUT2D eigenvalue weighted by molar-refractivity contribution is 5.86. The van der Waals surface area contributed by atoms with Gasteiger partial charge in [-0.3, -0.25) is 25.0 Å². The third-order valence-electron chi connectivity index (χ3n) is 5.13. The molecule has 2 N–H and O–H groups in total. The molecule has 0 saturated heterocycles. The van der Waals surface area contributed by atoms with Crippen LogP contribution in [0.3, 0.4) is 0 Å². The second kappa shape index (κ2) is 7.83. The maximum atomic E-state index is 12.8. The van der Waals surface area contributed by atoms with Crippen LogP contribution in [-0.4, -0.2) is 25.8 Å². The maximum absolute atomic E-state index is 12.8. The molecule has 0 radical (unpaired) electrons. The standard InChI is InChI=1S/C19H18N2O7/c22-17(11-3-1-5-13(9-11)20(25)26)15-7-8-16(19(15)24)18(23)12-4-2-6-14(10-12)21(27)28/h1-6,9-10,15-18,22-23H,7-8H2. The van der Waals surface area contributed by atoms with E-state index in [1.807, 2.05) is 0 Å². The van der Waals surface area contributed by atoms with Crippen molar-refractivity contribution in [1.29, 1.82) is 0 Å². The highest BCUT2D eigenvalue weighted by atomic mass is 16.6. The number of ketones is 1. The van der Waals surface area contributed by atoms with Gasteiger partial charge in [0.2, 0.25) is 0 Å². The van der Waals surface area contributed by atoms with E-state index in [0.29, 0.717) is 12.8 Å². The van der Waals surface area contributed by atoms with E-state index < -0.39 is 33.9 Å². The molecule has 0 spiro atoms. The summed E-state index contributed by atoms with van der Waals surface area (Å²) in [4.78, 5) is 33.4. The molecule has 1 saturated carbocycles. The number of carbonyl (C=O) groups is 1. The molecule has 0 amide bonds. The third-order valence-corrected chi connectivity index (χ3v) is 5.13. The minimum atomic E-state index is -1.23. The van der Waals surface area contributed by atoms with E-state index in [1.165, 1.54) is 48.5 Å². The fourth-order valence-corrected chi connectivity index (χ4v) is 3.65. The van der Waals surface area contributed by atoms with Crippen molar-refractivity contribution in [3.8, 4) is 0 Å². The summed E-state index contributed by atoms with van der Waals surface area (Å²) in [6, 6.07) is 10.9. The fraction of sp³-hybridized carbons (Fsp3) is 0.316. The molecule has 2 aromatic rings. The van der Waals surface area contributed by atoms with Crippen molar-refractivity contribution < 1.29 is 24.9 Å². The first-order chi connectivity index (χ1) is 13.3. The van der Waals surface area contributed by atoms with Gasteiger partial charge in [0.05, 0.1) is 22.1 Å². The summed E-state index contributed by atoms with van der Waals surface area (Å²) in [5.74, 6) is -1.97. The van der Waals surface area contributed by atoms with Crippen LogP contribution in [0.5, 0.6) is 0 Å². The molecular weight excluding hydrogens is 368 g/mol. The van der Waals surface area contributed by atoms with Crippen LogP contribution in [0.25, 0.3) is 0 Å². The average molecular weight is 386 g/mol. The van der Waals surface area contributed by atoms with Crippen molar-refractivity contribution in [2.45, 2.75) is 25.0 Å². The Morgan fingerprint density at radius 1 is 0.821 bits per heavy atom. The number of nitro benzene ring substituents is 2. The van der Waals surface area contributed by atoms with Crippen LogP contribution in [0.4, 0.5) is 11.4 Å². The number of benzene rings is 2. The van der Waals surface area contributed by atoms with Gasteiger partial charge in [0, 0.05) is 36.1 Å². The molecule has 0 bridgehead atoms. The number of non-ortho nitro benzene ring substituents is 2. The first-order valence-corrected chi connectivity index (χ1v) is 8.68. The monoisotopic (exact) mass is 386 g/mol. The molecule has 9 nitrogen and oxygen atoms in total. The molecule has 9 heteroatoms. The van der Waals surface area contributed by atoms with Gasteiger partial charge in [0.1, 0.15) is 5.78 Å². The minimum absolute atomic E-state index is 0.185. The predicted octanol–water partition coefficient (Wildman–Crippen LogP) is 2.87. The molecule has 0 aromatic heterocycles. The Morgan fingerprint density at radius 2 is 1.21 bits per heavy atom. The molecule has 1 aliphatic rings. The molecule has 146 valence electrons. The summed E-state index contributed by atoms with van der Waals surface area (Å²) >= 11 is 0.